The van der Waals surface area contributed by atoms with Crippen LogP contribution in [-0.4, -0.2) is 12.6 Å². The van der Waals surface area contributed by atoms with Crippen molar-refractivity contribution in [2.45, 2.75) is 24.9 Å². The van der Waals surface area contributed by atoms with Crippen LogP contribution in [0.15, 0.2) is 30.3 Å². The Morgan fingerprint density at radius 3 is 2.69 bits per heavy atom. The third-order valence-corrected chi connectivity index (χ3v) is 2.67. The van der Waals surface area contributed by atoms with Crippen LogP contribution in [-0.2, 0) is 0 Å². The van der Waals surface area contributed by atoms with Crippen LogP contribution in [0.2, 0.25) is 0 Å². The maximum Gasteiger partial charge on any atom is 0.0473 e. The maximum absolute atomic E-state index is 6.05. The number of benzene rings is 1. The van der Waals surface area contributed by atoms with E-state index in [4.69, 9.17) is 5.73 Å². The van der Waals surface area contributed by atoms with E-state index in [1.807, 2.05) is 6.07 Å². The van der Waals surface area contributed by atoms with Gasteiger partial charge in [-0.3, -0.25) is 0 Å². The second-order valence-electron chi connectivity index (χ2n) is 3.65. The first kappa shape index (κ1) is 8.73. The minimum atomic E-state index is 0.274. The monoisotopic (exact) mass is 176 g/mol. The lowest BCUT2D eigenvalue weighted by Gasteiger charge is -2.30. The predicted octanol–water partition coefficient (Wildman–Crippen LogP) is 1.44. The van der Waals surface area contributed by atoms with Gasteiger partial charge < -0.3 is 11.1 Å². The summed E-state index contributed by atoms with van der Waals surface area (Å²) in [6, 6.07) is 11.1. The zero-order chi connectivity index (χ0) is 9.10. The van der Waals surface area contributed by atoms with Gasteiger partial charge in [0.25, 0.3) is 0 Å². The molecule has 0 amide bonds. The van der Waals surface area contributed by atoms with Crippen molar-refractivity contribution in [2.24, 2.45) is 5.73 Å². The summed E-state index contributed by atoms with van der Waals surface area (Å²) >= 11 is 0. The number of hydrogen-bond donors (Lipinski definition) is 2. The molecule has 2 atom stereocenters. The van der Waals surface area contributed by atoms with Crippen molar-refractivity contribution in [3.8, 4) is 0 Å². The van der Waals surface area contributed by atoms with E-state index >= 15 is 0 Å². The molecule has 2 heteroatoms. The van der Waals surface area contributed by atoms with Crippen molar-refractivity contribution in [1.82, 2.24) is 5.32 Å². The Balaban J connectivity index is 2.15. The van der Waals surface area contributed by atoms with E-state index in [1.54, 1.807) is 0 Å². The van der Waals surface area contributed by atoms with Gasteiger partial charge in [0.1, 0.15) is 0 Å². The molecule has 1 aromatic rings. The van der Waals surface area contributed by atoms with Gasteiger partial charge in [0.05, 0.1) is 0 Å². The third-order valence-electron chi connectivity index (χ3n) is 2.67. The number of piperidine rings is 1. The van der Waals surface area contributed by atoms with Gasteiger partial charge in [-0.05, 0) is 24.9 Å². The van der Waals surface area contributed by atoms with E-state index in [-0.39, 0.29) is 6.04 Å². The highest BCUT2D eigenvalue weighted by Crippen LogP contribution is 2.21. The summed E-state index contributed by atoms with van der Waals surface area (Å²) in [5.74, 6) is 0. The van der Waals surface area contributed by atoms with Crippen LogP contribution in [0.1, 0.15) is 24.4 Å². The minimum Gasteiger partial charge on any atom is -0.326 e. The van der Waals surface area contributed by atoms with E-state index in [0.29, 0.717) is 6.04 Å². The largest absolute Gasteiger partial charge is 0.326 e. The molecule has 0 saturated carbocycles. The van der Waals surface area contributed by atoms with Crippen molar-refractivity contribution < 1.29 is 0 Å². The molecule has 0 bridgehead atoms. The van der Waals surface area contributed by atoms with Crippen molar-refractivity contribution in [3.05, 3.63) is 35.9 Å². The van der Waals surface area contributed by atoms with Crippen LogP contribution in [0.5, 0.6) is 0 Å². The molecule has 0 aliphatic carbocycles. The highest BCUT2D eigenvalue weighted by Gasteiger charge is 2.21. The molecule has 1 heterocycles. The summed E-state index contributed by atoms with van der Waals surface area (Å²) in [6.07, 6.45) is 2.33. The summed E-state index contributed by atoms with van der Waals surface area (Å²) in [7, 11) is 0. The van der Waals surface area contributed by atoms with Gasteiger partial charge in [0.2, 0.25) is 0 Å². The van der Waals surface area contributed by atoms with Crippen LogP contribution < -0.4 is 11.1 Å². The summed E-state index contributed by atoms with van der Waals surface area (Å²) in [6.45, 7) is 1.09. The highest BCUT2D eigenvalue weighted by atomic mass is 15.0. The maximum atomic E-state index is 6.05. The predicted molar refractivity (Wildman–Crippen MR) is 54.4 cm³/mol. The van der Waals surface area contributed by atoms with Gasteiger partial charge in [-0.25, -0.2) is 0 Å². The zero-order valence-electron chi connectivity index (χ0n) is 7.74. The Kier molecular flexibility index (Phi) is 2.62. The van der Waals surface area contributed by atoms with Crippen LogP contribution in [0, 0.1) is 0 Å². The van der Waals surface area contributed by atoms with E-state index in [2.05, 4.69) is 29.6 Å². The lowest BCUT2D eigenvalue weighted by Crippen LogP contribution is -2.42. The second-order valence-corrected chi connectivity index (χ2v) is 3.65. The lowest BCUT2D eigenvalue weighted by atomic mass is 9.93. The summed E-state index contributed by atoms with van der Waals surface area (Å²) < 4.78 is 0. The third kappa shape index (κ3) is 1.90. The SMILES string of the molecule is N[C@H]1CCCN[C@@H]1c1ccccc1. The molecule has 70 valence electrons. The Hall–Kier alpha value is -0.860. The van der Waals surface area contributed by atoms with Gasteiger partial charge in [0, 0.05) is 12.1 Å². The Labute approximate surface area is 79.1 Å². The van der Waals surface area contributed by atoms with Crippen molar-refractivity contribution in [2.75, 3.05) is 6.54 Å². The molecule has 0 unspecified atom stereocenters. The standard InChI is InChI=1S/C11H16N2/c12-10-7-4-8-13-11(10)9-5-2-1-3-6-9/h1-3,5-6,10-11,13H,4,7-8,12H2/t10-,11+/m0/s1. The fraction of sp³-hybridized carbons (Fsp3) is 0.455. The van der Waals surface area contributed by atoms with E-state index in [0.717, 1.165) is 13.0 Å². The molecule has 3 N–H and O–H groups in total. The van der Waals surface area contributed by atoms with Crippen molar-refractivity contribution in [1.29, 1.82) is 0 Å². The molecule has 1 aliphatic rings. The first-order valence-electron chi connectivity index (χ1n) is 4.92. The zero-order valence-corrected chi connectivity index (χ0v) is 7.74. The molecule has 1 aliphatic heterocycles. The topological polar surface area (TPSA) is 38.0 Å². The molecule has 1 fully saturated rings. The Bertz CT molecular complexity index is 258. The summed E-state index contributed by atoms with van der Waals surface area (Å²) in [4.78, 5) is 0. The average Bonchev–Trinajstić information content (AvgIpc) is 2.20. The molecule has 1 saturated heterocycles. The van der Waals surface area contributed by atoms with Crippen molar-refractivity contribution >= 4 is 0 Å². The summed E-state index contributed by atoms with van der Waals surface area (Å²) in [5, 5.41) is 3.46. The molecule has 2 nitrogen and oxygen atoms in total. The van der Waals surface area contributed by atoms with Crippen molar-refractivity contribution in [3.63, 3.8) is 0 Å². The van der Waals surface area contributed by atoms with Crippen LogP contribution in [0.3, 0.4) is 0 Å². The smallest absolute Gasteiger partial charge is 0.0473 e. The molecule has 0 radical (unpaired) electrons. The van der Waals surface area contributed by atoms with E-state index < -0.39 is 0 Å². The highest BCUT2D eigenvalue weighted by molar-refractivity contribution is 5.21. The second kappa shape index (κ2) is 3.90. The Morgan fingerprint density at radius 2 is 2.00 bits per heavy atom. The fourth-order valence-electron chi connectivity index (χ4n) is 1.94. The molecule has 2 rings (SSSR count). The van der Waals surface area contributed by atoms with E-state index in [1.165, 1.54) is 12.0 Å². The van der Waals surface area contributed by atoms with Gasteiger partial charge >= 0.3 is 0 Å². The number of rotatable bonds is 1. The van der Waals surface area contributed by atoms with Crippen LogP contribution in [0.25, 0.3) is 0 Å². The Morgan fingerprint density at radius 1 is 1.23 bits per heavy atom. The molecule has 0 spiro atoms. The molecule has 13 heavy (non-hydrogen) atoms. The number of hydrogen-bond acceptors (Lipinski definition) is 2. The first-order chi connectivity index (χ1) is 6.38. The quantitative estimate of drug-likeness (QED) is 0.679. The number of nitrogens with one attached hydrogen (secondary N) is 1. The summed E-state index contributed by atoms with van der Waals surface area (Å²) in [5.41, 5.74) is 7.36. The number of nitrogens with two attached hydrogens (primary N) is 1. The first-order valence-corrected chi connectivity index (χ1v) is 4.92. The van der Waals surface area contributed by atoms with Gasteiger partial charge in [-0.2, -0.15) is 0 Å². The van der Waals surface area contributed by atoms with Gasteiger partial charge in [-0.1, -0.05) is 30.3 Å². The average molecular weight is 176 g/mol. The van der Waals surface area contributed by atoms with E-state index in [9.17, 15) is 0 Å². The molecule has 1 aromatic carbocycles. The fourth-order valence-corrected chi connectivity index (χ4v) is 1.94. The lowest BCUT2D eigenvalue weighted by molar-refractivity contribution is 0.358. The molecular formula is C11H16N2. The van der Waals surface area contributed by atoms with Gasteiger partial charge in [0.15, 0.2) is 0 Å². The van der Waals surface area contributed by atoms with Crippen LogP contribution >= 0.6 is 0 Å². The van der Waals surface area contributed by atoms with Gasteiger partial charge in [-0.15, -0.1) is 0 Å². The molecule has 0 aromatic heterocycles. The van der Waals surface area contributed by atoms with Crippen LogP contribution in [0.4, 0.5) is 0 Å². The minimum absolute atomic E-state index is 0.274. The normalized spacial score (nSPS) is 28.7. The molecular weight excluding hydrogens is 160 g/mol.